The maximum absolute atomic E-state index is 13.3. The Bertz CT molecular complexity index is 972. The zero-order valence-electron chi connectivity index (χ0n) is 17.5. The minimum absolute atomic E-state index is 0.105. The number of carbonyl (C=O) groups is 2. The molecule has 7 nitrogen and oxygen atoms in total. The van der Waals surface area contributed by atoms with E-state index in [2.05, 4.69) is 16.4 Å². The van der Waals surface area contributed by atoms with Gasteiger partial charge in [0.1, 0.15) is 17.6 Å². The molecular weight excluding hydrogens is 416 g/mol. The van der Waals surface area contributed by atoms with E-state index in [0.29, 0.717) is 41.7 Å². The first-order valence-corrected chi connectivity index (χ1v) is 10.6. The van der Waals surface area contributed by atoms with Gasteiger partial charge in [-0.25, -0.2) is 4.98 Å². The van der Waals surface area contributed by atoms with Crippen molar-refractivity contribution in [2.24, 2.45) is 11.8 Å². The van der Waals surface area contributed by atoms with Gasteiger partial charge in [-0.3, -0.25) is 9.59 Å². The normalized spacial score (nSPS) is 17.0. The molecule has 0 radical (unpaired) electrons. The number of hydrogen-bond acceptors (Lipinski definition) is 5. The topological polar surface area (TPSA) is 95.3 Å². The Morgan fingerprint density at radius 2 is 2.06 bits per heavy atom. The summed E-state index contributed by atoms with van der Waals surface area (Å²) in [6.45, 7) is 4.68. The minimum atomic E-state index is -0.741. The summed E-state index contributed by atoms with van der Waals surface area (Å²) in [6, 6.07) is 12.2. The first-order chi connectivity index (χ1) is 14.9. The number of amides is 2. The minimum Gasteiger partial charge on any atom is -0.479 e. The van der Waals surface area contributed by atoms with Gasteiger partial charge in [-0.1, -0.05) is 37.6 Å². The SMILES string of the molecule is CC(C)C(Oc1ccccc1C#N)C(=O)N1CCCC(C(=O)Nc2ccc(Cl)cn2)C1. The summed E-state index contributed by atoms with van der Waals surface area (Å²) in [5.41, 5.74) is 0.382. The van der Waals surface area contributed by atoms with Crippen molar-refractivity contribution in [3.8, 4) is 11.8 Å². The van der Waals surface area contributed by atoms with Crippen molar-refractivity contribution in [2.45, 2.75) is 32.8 Å². The summed E-state index contributed by atoms with van der Waals surface area (Å²) in [7, 11) is 0. The van der Waals surface area contributed by atoms with Crippen LogP contribution in [-0.2, 0) is 9.59 Å². The number of aromatic nitrogens is 1. The van der Waals surface area contributed by atoms with Crippen molar-refractivity contribution in [1.82, 2.24) is 9.88 Å². The van der Waals surface area contributed by atoms with E-state index in [1.165, 1.54) is 6.20 Å². The van der Waals surface area contributed by atoms with Crippen molar-refractivity contribution in [1.29, 1.82) is 5.26 Å². The maximum Gasteiger partial charge on any atom is 0.263 e. The van der Waals surface area contributed by atoms with Crippen LogP contribution in [0.3, 0.4) is 0 Å². The van der Waals surface area contributed by atoms with E-state index in [-0.39, 0.29) is 23.7 Å². The summed E-state index contributed by atoms with van der Waals surface area (Å²) in [5, 5.41) is 12.6. The molecule has 1 aromatic heterocycles. The second-order valence-electron chi connectivity index (χ2n) is 7.86. The fourth-order valence-electron chi connectivity index (χ4n) is 3.52. The molecule has 0 aliphatic carbocycles. The third kappa shape index (κ3) is 5.74. The van der Waals surface area contributed by atoms with Gasteiger partial charge in [0.25, 0.3) is 5.91 Å². The lowest BCUT2D eigenvalue weighted by atomic mass is 9.95. The van der Waals surface area contributed by atoms with E-state index in [1.54, 1.807) is 41.3 Å². The Balaban J connectivity index is 1.68. The van der Waals surface area contributed by atoms with Crippen LogP contribution in [0.15, 0.2) is 42.6 Å². The third-order valence-corrected chi connectivity index (χ3v) is 5.42. The number of rotatable bonds is 6. The first kappa shape index (κ1) is 22.6. The van der Waals surface area contributed by atoms with Gasteiger partial charge in [0.2, 0.25) is 5.91 Å². The van der Waals surface area contributed by atoms with Crippen LogP contribution < -0.4 is 10.1 Å². The molecule has 1 saturated heterocycles. The molecule has 0 spiro atoms. The lowest BCUT2D eigenvalue weighted by Crippen LogP contribution is -2.50. The van der Waals surface area contributed by atoms with Crippen LogP contribution in [0.25, 0.3) is 0 Å². The fourth-order valence-corrected chi connectivity index (χ4v) is 3.63. The van der Waals surface area contributed by atoms with Gasteiger partial charge in [-0.05, 0) is 43.0 Å². The van der Waals surface area contributed by atoms with Gasteiger partial charge >= 0.3 is 0 Å². The molecule has 1 aliphatic heterocycles. The molecule has 1 aromatic carbocycles. The molecule has 0 bridgehead atoms. The molecule has 162 valence electrons. The number of benzene rings is 1. The first-order valence-electron chi connectivity index (χ1n) is 10.3. The van der Waals surface area contributed by atoms with Crippen LogP contribution in [0.4, 0.5) is 5.82 Å². The van der Waals surface area contributed by atoms with Crippen molar-refractivity contribution in [3.05, 3.63) is 53.2 Å². The van der Waals surface area contributed by atoms with Crippen LogP contribution in [-0.4, -0.2) is 40.9 Å². The number of nitrogens with one attached hydrogen (secondary N) is 1. The molecular formula is C23H25ClN4O3. The van der Waals surface area contributed by atoms with Gasteiger partial charge in [-0.2, -0.15) is 5.26 Å². The van der Waals surface area contributed by atoms with E-state index in [1.807, 2.05) is 13.8 Å². The Labute approximate surface area is 187 Å². The zero-order valence-corrected chi connectivity index (χ0v) is 18.3. The Morgan fingerprint density at radius 3 is 2.74 bits per heavy atom. The number of ether oxygens (including phenoxy) is 1. The van der Waals surface area contributed by atoms with Gasteiger partial charge in [0.15, 0.2) is 6.10 Å². The Hall–Kier alpha value is -3.11. The average molecular weight is 441 g/mol. The highest BCUT2D eigenvalue weighted by molar-refractivity contribution is 6.30. The molecule has 1 N–H and O–H groups in total. The summed E-state index contributed by atoms with van der Waals surface area (Å²) in [4.78, 5) is 31.8. The molecule has 31 heavy (non-hydrogen) atoms. The van der Waals surface area contributed by atoms with E-state index in [4.69, 9.17) is 16.3 Å². The monoisotopic (exact) mass is 440 g/mol. The maximum atomic E-state index is 13.3. The van der Waals surface area contributed by atoms with Crippen molar-refractivity contribution in [3.63, 3.8) is 0 Å². The lowest BCUT2D eigenvalue weighted by Gasteiger charge is -2.35. The van der Waals surface area contributed by atoms with Crippen LogP contribution in [0.5, 0.6) is 5.75 Å². The third-order valence-electron chi connectivity index (χ3n) is 5.19. The van der Waals surface area contributed by atoms with Crippen LogP contribution in [0.1, 0.15) is 32.3 Å². The number of anilines is 1. The van der Waals surface area contributed by atoms with E-state index in [0.717, 1.165) is 6.42 Å². The van der Waals surface area contributed by atoms with Gasteiger partial charge in [0, 0.05) is 19.3 Å². The average Bonchev–Trinajstić information content (AvgIpc) is 2.78. The number of hydrogen-bond donors (Lipinski definition) is 1. The van der Waals surface area contributed by atoms with E-state index >= 15 is 0 Å². The number of likely N-dealkylation sites (tertiary alicyclic amines) is 1. The number of halogens is 1. The number of nitrogens with zero attached hydrogens (tertiary/aromatic N) is 3. The highest BCUT2D eigenvalue weighted by Gasteiger charge is 2.34. The number of carbonyl (C=O) groups excluding carboxylic acids is 2. The number of nitriles is 1. The van der Waals surface area contributed by atoms with Crippen LogP contribution in [0, 0.1) is 23.2 Å². The zero-order chi connectivity index (χ0) is 22.4. The number of piperidine rings is 1. The van der Waals surface area contributed by atoms with E-state index in [9.17, 15) is 14.9 Å². The molecule has 1 aliphatic rings. The molecule has 2 amide bonds. The second kappa shape index (κ2) is 10.3. The van der Waals surface area contributed by atoms with Crippen molar-refractivity contribution >= 4 is 29.2 Å². The molecule has 8 heteroatoms. The summed E-state index contributed by atoms with van der Waals surface area (Å²) in [5.74, 6) is 0.0154. The van der Waals surface area contributed by atoms with Gasteiger partial charge < -0.3 is 15.0 Å². The summed E-state index contributed by atoms with van der Waals surface area (Å²) < 4.78 is 5.98. The Morgan fingerprint density at radius 1 is 1.29 bits per heavy atom. The highest BCUT2D eigenvalue weighted by Crippen LogP contribution is 2.25. The number of pyridine rings is 1. The van der Waals surface area contributed by atoms with Gasteiger partial charge in [-0.15, -0.1) is 0 Å². The molecule has 2 heterocycles. The van der Waals surface area contributed by atoms with Crippen LogP contribution in [0.2, 0.25) is 5.02 Å². The predicted octanol–water partition coefficient (Wildman–Crippen LogP) is 3.89. The lowest BCUT2D eigenvalue weighted by molar-refractivity contribution is -0.143. The van der Waals surface area contributed by atoms with Crippen LogP contribution >= 0.6 is 11.6 Å². The molecule has 3 rings (SSSR count). The van der Waals surface area contributed by atoms with Crippen molar-refractivity contribution < 1.29 is 14.3 Å². The second-order valence-corrected chi connectivity index (χ2v) is 8.30. The molecule has 0 saturated carbocycles. The summed E-state index contributed by atoms with van der Waals surface area (Å²) >= 11 is 5.83. The van der Waals surface area contributed by atoms with Gasteiger partial charge in [0.05, 0.1) is 16.5 Å². The predicted molar refractivity (Wildman–Crippen MR) is 118 cm³/mol. The fraction of sp³-hybridized carbons (Fsp3) is 0.391. The summed E-state index contributed by atoms with van der Waals surface area (Å²) in [6.07, 6.45) is 2.14. The smallest absolute Gasteiger partial charge is 0.263 e. The molecule has 2 unspecified atom stereocenters. The molecule has 1 fully saturated rings. The van der Waals surface area contributed by atoms with E-state index < -0.39 is 6.10 Å². The molecule has 2 aromatic rings. The highest BCUT2D eigenvalue weighted by atomic mass is 35.5. The largest absolute Gasteiger partial charge is 0.479 e. The molecule has 2 atom stereocenters. The number of para-hydroxylation sites is 1. The van der Waals surface area contributed by atoms with Crippen molar-refractivity contribution in [2.75, 3.05) is 18.4 Å². The quantitative estimate of drug-likeness (QED) is 0.735. The Kier molecular flexibility index (Phi) is 7.48. The standard InChI is InChI=1S/C23H25ClN4O3/c1-15(2)21(31-19-8-4-3-6-16(19)12-25)23(30)28-11-5-7-17(14-28)22(29)27-20-10-9-18(24)13-26-20/h3-4,6,8-10,13,15,17,21H,5,7,11,14H2,1-2H3,(H,26,27,29).